The third kappa shape index (κ3) is 5.56. The highest BCUT2D eigenvalue weighted by Crippen LogP contribution is 2.09. The maximum absolute atomic E-state index is 10.5. The molecule has 3 nitrogen and oxygen atoms in total. The number of carbonyl (C=O) groups is 1. The van der Waals surface area contributed by atoms with E-state index >= 15 is 0 Å². The quantitative estimate of drug-likeness (QED) is 0.596. The fraction of sp³-hybridized carbons (Fsp3) is 0.857. The van der Waals surface area contributed by atoms with Crippen LogP contribution in [0, 0.1) is 0 Å². The predicted molar refractivity (Wildman–Crippen MR) is 37.5 cm³/mol. The SMILES string of the molecule is COC(=O)CCC(C)(C)O. The summed E-state index contributed by atoms with van der Waals surface area (Å²) in [7, 11) is 1.34. The van der Waals surface area contributed by atoms with Gasteiger partial charge in [0, 0.05) is 6.42 Å². The molecule has 60 valence electrons. The minimum absolute atomic E-state index is 0.276. The molecule has 0 atom stereocenters. The molecule has 0 bridgehead atoms. The standard InChI is InChI=1S/C7H14O3/c1-7(2,9)5-4-6(8)10-3/h9H,4-5H2,1-3H3. The zero-order chi connectivity index (χ0) is 8.20. The van der Waals surface area contributed by atoms with E-state index in [1.165, 1.54) is 7.11 Å². The number of carbonyl (C=O) groups excluding carboxylic acids is 1. The Kier molecular flexibility index (Phi) is 3.36. The van der Waals surface area contributed by atoms with Crippen molar-refractivity contribution in [3.8, 4) is 0 Å². The molecule has 0 aromatic rings. The van der Waals surface area contributed by atoms with E-state index in [-0.39, 0.29) is 12.4 Å². The van der Waals surface area contributed by atoms with Crippen LogP contribution in [0.5, 0.6) is 0 Å². The predicted octanol–water partition coefficient (Wildman–Crippen LogP) is 0.710. The maximum atomic E-state index is 10.5. The summed E-state index contributed by atoms with van der Waals surface area (Å²) in [4.78, 5) is 10.5. The van der Waals surface area contributed by atoms with Crippen LogP contribution >= 0.6 is 0 Å². The number of methoxy groups -OCH3 is 1. The number of aliphatic hydroxyl groups is 1. The van der Waals surface area contributed by atoms with Gasteiger partial charge in [0.1, 0.15) is 0 Å². The molecule has 0 saturated heterocycles. The van der Waals surface area contributed by atoms with Gasteiger partial charge in [0.05, 0.1) is 12.7 Å². The lowest BCUT2D eigenvalue weighted by atomic mass is 10.0. The molecule has 0 rings (SSSR count). The van der Waals surface area contributed by atoms with Crippen molar-refractivity contribution < 1.29 is 14.6 Å². The highest BCUT2D eigenvalue weighted by atomic mass is 16.5. The number of hydrogen-bond acceptors (Lipinski definition) is 3. The van der Waals surface area contributed by atoms with Gasteiger partial charge in [0.2, 0.25) is 0 Å². The number of rotatable bonds is 3. The zero-order valence-electron chi connectivity index (χ0n) is 6.68. The molecule has 0 amide bonds. The van der Waals surface area contributed by atoms with Crippen LogP contribution < -0.4 is 0 Å². The van der Waals surface area contributed by atoms with Crippen molar-refractivity contribution >= 4 is 5.97 Å². The van der Waals surface area contributed by atoms with Crippen molar-refractivity contribution in [2.24, 2.45) is 0 Å². The second kappa shape index (κ2) is 3.56. The van der Waals surface area contributed by atoms with Crippen LogP contribution in [-0.4, -0.2) is 23.8 Å². The minimum Gasteiger partial charge on any atom is -0.469 e. The van der Waals surface area contributed by atoms with Crippen molar-refractivity contribution in [2.75, 3.05) is 7.11 Å². The Labute approximate surface area is 61.0 Å². The number of hydrogen-bond donors (Lipinski definition) is 1. The first-order valence-electron chi connectivity index (χ1n) is 3.25. The first-order chi connectivity index (χ1) is 4.45. The normalized spacial score (nSPS) is 11.2. The summed E-state index contributed by atoms with van der Waals surface area (Å²) >= 11 is 0. The molecular weight excluding hydrogens is 132 g/mol. The maximum Gasteiger partial charge on any atom is 0.305 e. The molecule has 0 aliphatic rings. The Bertz CT molecular complexity index is 113. The van der Waals surface area contributed by atoms with Crippen molar-refractivity contribution in [3.63, 3.8) is 0 Å². The monoisotopic (exact) mass is 146 g/mol. The molecule has 0 aromatic carbocycles. The average molecular weight is 146 g/mol. The summed E-state index contributed by atoms with van der Waals surface area (Å²) in [5.41, 5.74) is -0.770. The minimum atomic E-state index is -0.770. The Hall–Kier alpha value is -0.570. The van der Waals surface area contributed by atoms with Crippen LogP contribution in [0.2, 0.25) is 0 Å². The molecule has 0 aliphatic heterocycles. The van der Waals surface area contributed by atoms with Gasteiger partial charge in [-0.1, -0.05) is 0 Å². The first kappa shape index (κ1) is 9.43. The zero-order valence-corrected chi connectivity index (χ0v) is 6.68. The van der Waals surface area contributed by atoms with E-state index in [4.69, 9.17) is 5.11 Å². The van der Waals surface area contributed by atoms with E-state index in [9.17, 15) is 4.79 Å². The van der Waals surface area contributed by atoms with Crippen LogP contribution in [0.15, 0.2) is 0 Å². The third-order valence-corrected chi connectivity index (χ3v) is 1.17. The van der Waals surface area contributed by atoms with Gasteiger partial charge in [-0.15, -0.1) is 0 Å². The Morgan fingerprint density at radius 2 is 2.10 bits per heavy atom. The van der Waals surface area contributed by atoms with Crippen LogP contribution in [0.4, 0.5) is 0 Å². The molecule has 0 saturated carbocycles. The number of esters is 1. The van der Waals surface area contributed by atoms with E-state index in [0.29, 0.717) is 6.42 Å². The second-order valence-electron chi connectivity index (χ2n) is 2.89. The van der Waals surface area contributed by atoms with E-state index in [1.807, 2.05) is 0 Å². The average Bonchev–Trinajstić information content (AvgIpc) is 1.81. The summed E-state index contributed by atoms with van der Waals surface area (Å²) in [6, 6.07) is 0. The van der Waals surface area contributed by atoms with Gasteiger partial charge in [0.15, 0.2) is 0 Å². The van der Waals surface area contributed by atoms with Crippen molar-refractivity contribution in [1.29, 1.82) is 0 Å². The molecule has 0 unspecified atom stereocenters. The molecule has 1 N–H and O–H groups in total. The molecular formula is C7H14O3. The van der Waals surface area contributed by atoms with Gasteiger partial charge >= 0.3 is 5.97 Å². The smallest absolute Gasteiger partial charge is 0.305 e. The lowest BCUT2D eigenvalue weighted by molar-refractivity contribution is -0.141. The largest absolute Gasteiger partial charge is 0.469 e. The Morgan fingerprint density at radius 3 is 2.40 bits per heavy atom. The van der Waals surface area contributed by atoms with Crippen LogP contribution in [0.25, 0.3) is 0 Å². The van der Waals surface area contributed by atoms with E-state index < -0.39 is 5.60 Å². The highest BCUT2D eigenvalue weighted by Gasteiger charge is 2.14. The van der Waals surface area contributed by atoms with E-state index in [2.05, 4.69) is 4.74 Å². The molecule has 0 heterocycles. The van der Waals surface area contributed by atoms with Gasteiger partial charge in [0.25, 0.3) is 0 Å². The molecule has 3 heteroatoms. The summed E-state index contributed by atoms with van der Waals surface area (Å²) in [6.07, 6.45) is 0.722. The van der Waals surface area contributed by atoms with Crippen molar-refractivity contribution in [1.82, 2.24) is 0 Å². The molecule has 10 heavy (non-hydrogen) atoms. The van der Waals surface area contributed by atoms with E-state index in [1.54, 1.807) is 13.8 Å². The van der Waals surface area contributed by atoms with Crippen molar-refractivity contribution in [2.45, 2.75) is 32.3 Å². The van der Waals surface area contributed by atoms with Gasteiger partial charge in [-0.25, -0.2) is 0 Å². The molecule has 0 radical (unpaired) electrons. The summed E-state index contributed by atoms with van der Waals surface area (Å²) < 4.78 is 4.40. The van der Waals surface area contributed by atoms with Gasteiger partial charge in [-0.2, -0.15) is 0 Å². The van der Waals surface area contributed by atoms with Crippen LogP contribution in [0.1, 0.15) is 26.7 Å². The van der Waals surface area contributed by atoms with Crippen LogP contribution in [-0.2, 0) is 9.53 Å². The molecule has 0 fully saturated rings. The Morgan fingerprint density at radius 1 is 1.60 bits per heavy atom. The lowest BCUT2D eigenvalue weighted by Crippen LogP contribution is -2.20. The topological polar surface area (TPSA) is 46.5 Å². The van der Waals surface area contributed by atoms with Gasteiger partial charge in [-0.05, 0) is 20.3 Å². The highest BCUT2D eigenvalue weighted by molar-refractivity contribution is 5.69. The van der Waals surface area contributed by atoms with E-state index in [0.717, 1.165) is 0 Å². The summed E-state index contributed by atoms with van der Waals surface area (Å²) in [5, 5.41) is 9.15. The molecule has 0 spiro atoms. The van der Waals surface area contributed by atoms with Gasteiger partial charge < -0.3 is 9.84 Å². The van der Waals surface area contributed by atoms with Crippen molar-refractivity contribution in [3.05, 3.63) is 0 Å². The fourth-order valence-corrected chi connectivity index (χ4v) is 0.510. The fourth-order valence-electron chi connectivity index (χ4n) is 0.510. The molecule has 0 aliphatic carbocycles. The first-order valence-corrected chi connectivity index (χ1v) is 3.25. The number of ether oxygens (including phenoxy) is 1. The second-order valence-corrected chi connectivity index (χ2v) is 2.89. The lowest BCUT2D eigenvalue weighted by Gasteiger charge is -2.15. The van der Waals surface area contributed by atoms with Gasteiger partial charge in [-0.3, -0.25) is 4.79 Å². The Balaban J connectivity index is 3.46. The summed E-state index contributed by atoms with van der Waals surface area (Å²) in [5.74, 6) is -0.276. The van der Waals surface area contributed by atoms with Crippen LogP contribution in [0.3, 0.4) is 0 Å². The molecule has 0 aromatic heterocycles. The summed E-state index contributed by atoms with van der Waals surface area (Å²) in [6.45, 7) is 3.33. The third-order valence-electron chi connectivity index (χ3n) is 1.17.